The van der Waals surface area contributed by atoms with Gasteiger partial charge in [-0.3, -0.25) is 0 Å². The third-order valence-electron chi connectivity index (χ3n) is 2.99. The zero-order chi connectivity index (χ0) is 11.4. The molecule has 0 bridgehead atoms. The predicted octanol–water partition coefficient (Wildman–Crippen LogP) is 2.08. The van der Waals surface area contributed by atoms with E-state index in [0.29, 0.717) is 5.56 Å². The van der Waals surface area contributed by atoms with E-state index < -0.39 is 0 Å². The van der Waals surface area contributed by atoms with Gasteiger partial charge in [-0.15, -0.1) is 0 Å². The number of rotatable bonds is 2. The lowest BCUT2D eigenvalue weighted by Gasteiger charge is -2.34. The van der Waals surface area contributed by atoms with Gasteiger partial charge in [-0.1, -0.05) is 6.07 Å². The Morgan fingerprint density at radius 2 is 2.12 bits per heavy atom. The van der Waals surface area contributed by atoms with E-state index in [1.807, 2.05) is 12.1 Å². The van der Waals surface area contributed by atoms with Gasteiger partial charge in [0.1, 0.15) is 11.4 Å². The summed E-state index contributed by atoms with van der Waals surface area (Å²) in [6, 6.07) is 9.48. The van der Waals surface area contributed by atoms with Crippen LogP contribution in [0.2, 0.25) is 0 Å². The molecule has 0 aliphatic carbocycles. The van der Waals surface area contributed by atoms with Crippen LogP contribution in [0.3, 0.4) is 0 Å². The van der Waals surface area contributed by atoms with Crippen molar-refractivity contribution in [1.29, 1.82) is 5.26 Å². The quantitative estimate of drug-likeness (QED) is 0.823. The first-order valence-electron chi connectivity index (χ1n) is 5.62. The number of piperidine rings is 1. The predicted molar refractivity (Wildman–Crippen MR) is 62.3 cm³/mol. The van der Waals surface area contributed by atoms with Crippen molar-refractivity contribution in [2.45, 2.75) is 25.4 Å². The molecule has 0 atom stereocenters. The van der Waals surface area contributed by atoms with Gasteiger partial charge >= 0.3 is 0 Å². The first-order valence-corrected chi connectivity index (χ1v) is 5.62. The Kier molecular flexibility index (Phi) is 3.12. The molecule has 1 aromatic rings. The van der Waals surface area contributed by atoms with Crippen LogP contribution < -0.4 is 10.1 Å². The van der Waals surface area contributed by atoms with Crippen molar-refractivity contribution in [3.05, 3.63) is 29.8 Å². The Labute approximate surface area is 96.0 Å². The standard InChI is InChI=1S/C13H16N2O/c1-13(5-7-15-8-6-13)16-12-4-2-3-11(9-12)10-14/h2-4,9,15H,5-8H2,1H3. The highest BCUT2D eigenvalue weighted by molar-refractivity contribution is 5.36. The summed E-state index contributed by atoms with van der Waals surface area (Å²) in [5.74, 6) is 0.795. The van der Waals surface area contributed by atoms with E-state index in [0.717, 1.165) is 31.7 Å². The van der Waals surface area contributed by atoms with Gasteiger partial charge in [0.25, 0.3) is 0 Å². The summed E-state index contributed by atoms with van der Waals surface area (Å²) in [5, 5.41) is 12.1. The van der Waals surface area contributed by atoms with Crippen LogP contribution in [0.5, 0.6) is 5.75 Å². The molecule has 0 radical (unpaired) electrons. The van der Waals surface area contributed by atoms with Crippen LogP contribution in [0.1, 0.15) is 25.3 Å². The largest absolute Gasteiger partial charge is 0.487 e. The first-order chi connectivity index (χ1) is 7.72. The summed E-state index contributed by atoms with van der Waals surface area (Å²) in [6.07, 6.45) is 2.01. The van der Waals surface area contributed by atoms with Gasteiger partial charge in [-0.25, -0.2) is 0 Å². The van der Waals surface area contributed by atoms with Crippen LogP contribution in [0.4, 0.5) is 0 Å². The molecular formula is C13H16N2O. The maximum absolute atomic E-state index is 8.82. The van der Waals surface area contributed by atoms with Crippen molar-refractivity contribution >= 4 is 0 Å². The van der Waals surface area contributed by atoms with E-state index in [2.05, 4.69) is 18.3 Å². The van der Waals surface area contributed by atoms with Gasteiger partial charge in [-0.05, 0) is 51.1 Å². The average Bonchev–Trinajstić information content (AvgIpc) is 2.29. The Morgan fingerprint density at radius 3 is 2.81 bits per heavy atom. The fourth-order valence-corrected chi connectivity index (χ4v) is 1.97. The van der Waals surface area contributed by atoms with Gasteiger partial charge < -0.3 is 10.1 Å². The lowest BCUT2D eigenvalue weighted by atomic mass is 9.94. The van der Waals surface area contributed by atoms with E-state index >= 15 is 0 Å². The molecule has 0 spiro atoms. The molecule has 0 unspecified atom stereocenters. The normalized spacial score (nSPS) is 18.8. The lowest BCUT2D eigenvalue weighted by Crippen LogP contribution is -2.43. The lowest BCUT2D eigenvalue weighted by molar-refractivity contribution is 0.0556. The number of benzene rings is 1. The SMILES string of the molecule is CC1(Oc2cccc(C#N)c2)CCNCC1. The van der Waals surface area contributed by atoms with Crippen LogP contribution in [-0.4, -0.2) is 18.7 Å². The minimum absolute atomic E-state index is 0.0979. The van der Waals surface area contributed by atoms with Gasteiger partial charge in [0, 0.05) is 0 Å². The molecule has 1 saturated heterocycles. The second kappa shape index (κ2) is 4.54. The molecule has 3 nitrogen and oxygen atoms in total. The molecule has 1 N–H and O–H groups in total. The Balaban J connectivity index is 2.10. The number of nitrogens with zero attached hydrogens (tertiary/aromatic N) is 1. The van der Waals surface area contributed by atoms with Crippen LogP contribution in [-0.2, 0) is 0 Å². The third-order valence-corrected chi connectivity index (χ3v) is 2.99. The van der Waals surface area contributed by atoms with Gasteiger partial charge in [0.05, 0.1) is 11.6 Å². The Morgan fingerprint density at radius 1 is 1.38 bits per heavy atom. The summed E-state index contributed by atoms with van der Waals surface area (Å²) < 4.78 is 5.99. The number of hydrogen-bond acceptors (Lipinski definition) is 3. The molecule has 1 aliphatic heterocycles. The van der Waals surface area contributed by atoms with Crippen molar-refractivity contribution in [1.82, 2.24) is 5.32 Å². The monoisotopic (exact) mass is 216 g/mol. The molecule has 1 aromatic carbocycles. The topological polar surface area (TPSA) is 45.0 Å². The molecule has 1 heterocycles. The fraction of sp³-hybridized carbons (Fsp3) is 0.462. The highest BCUT2D eigenvalue weighted by Crippen LogP contribution is 2.26. The van der Waals surface area contributed by atoms with E-state index in [1.165, 1.54) is 0 Å². The highest BCUT2D eigenvalue weighted by Gasteiger charge is 2.28. The molecule has 0 amide bonds. The molecule has 0 saturated carbocycles. The minimum Gasteiger partial charge on any atom is -0.487 e. The summed E-state index contributed by atoms with van der Waals surface area (Å²) in [4.78, 5) is 0. The zero-order valence-electron chi connectivity index (χ0n) is 9.49. The maximum Gasteiger partial charge on any atom is 0.121 e. The van der Waals surface area contributed by atoms with Crippen LogP contribution in [0.15, 0.2) is 24.3 Å². The summed E-state index contributed by atoms with van der Waals surface area (Å²) in [6.45, 7) is 4.12. The molecule has 3 heteroatoms. The maximum atomic E-state index is 8.82. The molecule has 1 fully saturated rings. The second-order valence-corrected chi connectivity index (χ2v) is 4.44. The van der Waals surface area contributed by atoms with E-state index in [4.69, 9.17) is 10.00 Å². The molecule has 16 heavy (non-hydrogen) atoms. The van der Waals surface area contributed by atoms with Gasteiger partial charge in [0.15, 0.2) is 0 Å². The van der Waals surface area contributed by atoms with E-state index in [-0.39, 0.29) is 5.60 Å². The molecule has 0 aromatic heterocycles. The molecular weight excluding hydrogens is 200 g/mol. The van der Waals surface area contributed by atoms with Crippen molar-refractivity contribution < 1.29 is 4.74 Å². The van der Waals surface area contributed by atoms with Gasteiger partial charge in [0.2, 0.25) is 0 Å². The van der Waals surface area contributed by atoms with Crippen molar-refractivity contribution in [3.8, 4) is 11.8 Å². The van der Waals surface area contributed by atoms with Crippen molar-refractivity contribution in [3.63, 3.8) is 0 Å². The van der Waals surface area contributed by atoms with E-state index in [1.54, 1.807) is 12.1 Å². The fourth-order valence-electron chi connectivity index (χ4n) is 1.97. The average molecular weight is 216 g/mol. The first kappa shape index (κ1) is 11.0. The summed E-state index contributed by atoms with van der Waals surface area (Å²) in [7, 11) is 0. The minimum atomic E-state index is -0.0979. The molecule has 2 rings (SSSR count). The third kappa shape index (κ3) is 2.53. The number of nitriles is 1. The highest BCUT2D eigenvalue weighted by atomic mass is 16.5. The van der Waals surface area contributed by atoms with Crippen LogP contribution in [0, 0.1) is 11.3 Å². The Hall–Kier alpha value is -1.53. The smallest absolute Gasteiger partial charge is 0.121 e. The Bertz CT molecular complexity index is 403. The summed E-state index contributed by atoms with van der Waals surface area (Å²) >= 11 is 0. The molecule has 84 valence electrons. The van der Waals surface area contributed by atoms with Crippen molar-refractivity contribution in [2.24, 2.45) is 0 Å². The number of nitrogens with one attached hydrogen (secondary N) is 1. The zero-order valence-corrected chi connectivity index (χ0v) is 9.49. The second-order valence-electron chi connectivity index (χ2n) is 4.44. The molecule has 1 aliphatic rings. The van der Waals surface area contributed by atoms with Crippen LogP contribution >= 0.6 is 0 Å². The number of hydrogen-bond donors (Lipinski definition) is 1. The van der Waals surface area contributed by atoms with Gasteiger partial charge in [-0.2, -0.15) is 5.26 Å². The van der Waals surface area contributed by atoms with Crippen molar-refractivity contribution in [2.75, 3.05) is 13.1 Å². The van der Waals surface area contributed by atoms with Crippen LogP contribution in [0.25, 0.3) is 0 Å². The van der Waals surface area contributed by atoms with E-state index in [9.17, 15) is 0 Å². The number of ether oxygens (including phenoxy) is 1. The summed E-state index contributed by atoms with van der Waals surface area (Å²) in [5.41, 5.74) is 0.550.